The summed E-state index contributed by atoms with van der Waals surface area (Å²) in [4.78, 5) is 4.79. The summed E-state index contributed by atoms with van der Waals surface area (Å²) in [5, 5.41) is 6.18. The molecule has 0 fully saturated rings. The number of hydrogen-bond acceptors (Lipinski definition) is 6. The molecule has 4 aromatic rings. The molecule has 0 aliphatic heterocycles. The van der Waals surface area contributed by atoms with E-state index in [4.69, 9.17) is 13.3 Å². The van der Waals surface area contributed by atoms with E-state index in [-0.39, 0.29) is 5.92 Å². The Morgan fingerprint density at radius 2 is 1.09 bits per heavy atom. The summed E-state index contributed by atoms with van der Waals surface area (Å²) in [6.07, 6.45) is 0.887. The largest absolute Gasteiger partial charge is 0.500 e. The van der Waals surface area contributed by atoms with Crippen molar-refractivity contribution in [3.63, 3.8) is 0 Å². The molecule has 7 heteroatoms. The molecule has 0 radical (unpaired) electrons. The molecule has 6 nitrogen and oxygen atoms in total. The van der Waals surface area contributed by atoms with E-state index in [0.717, 1.165) is 50.9 Å². The van der Waals surface area contributed by atoms with Gasteiger partial charge in [0.1, 0.15) is 0 Å². The van der Waals surface area contributed by atoms with E-state index in [1.165, 1.54) is 38.8 Å². The number of fused-ring (bicyclic) bond motifs is 1. The van der Waals surface area contributed by atoms with Gasteiger partial charge in [-0.2, -0.15) is 0 Å². The Labute approximate surface area is 266 Å². The Morgan fingerprint density at radius 3 is 1.55 bits per heavy atom. The number of rotatable bonds is 17. The van der Waals surface area contributed by atoms with Crippen LogP contribution < -0.4 is 15.1 Å². The van der Waals surface area contributed by atoms with Crippen LogP contribution in [0.1, 0.15) is 56.7 Å². The molecule has 0 spiro atoms. The maximum atomic E-state index is 5.61. The molecule has 1 N–H and O–H groups in total. The Morgan fingerprint density at radius 1 is 0.614 bits per heavy atom. The van der Waals surface area contributed by atoms with Gasteiger partial charge in [-0.05, 0) is 86.5 Å². The van der Waals surface area contributed by atoms with Crippen molar-refractivity contribution in [2.75, 3.05) is 69.2 Å². The van der Waals surface area contributed by atoms with Gasteiger partial charge in [0.2, 0.25) is 0 Å². The van der Waals surface area contributed by atoms with Crippen molar-refractivity contribution in [2.24, 2.45) is 0 Å². The predicted octanol–water partition coefficient (Wildman–Crippen LogP) is 8.39. The van der Waals surface area contributed by atoms with Crippen molar-refractivity contribution in [1.82, 2.24) is 0 Å². The van der Waals surface area contributed by atoms with Crippen LogP contribution in [0.3, 0.4) is 0 Å². The fraction of sp³-hybridized carbons (Fsp3) is 0.405. The first-order valence-electron chi connectivity index (χ1n) is 16.1. The van der Waals surface area contributed by atoms with Crippen molar-refractivity contribution in [2.45, 2.75) is 46.1 Å². The van der Waals surface area contributed by atoms with E-state index in [1.807, 2.05) is 0 Å². The molecule has 4 aromatic carbocycles. The van der Waals surface area contributed by atoms with Crippen molar-refractivity contribution < 1.29 is 13.3 Å². The van der Waals surface area contributed by atoms with Crippen molar-refractivity contribution in [3.05, 3.63) is 102 Å². The molecule has 0 unspecified atom stereocenters. The Kier molecular flexibility index (Phi) is 12.3. The second-order valence-electron chi connectivity index (χ2n) is 11.0. The molecule has 0 saturated heterocycles. The highest BCUT2D eigenvalue weighted by Gasteiger charge is 2.36. The lowest BCUT2D eigenvalue weighted by atomic mass is 9.82. The zero-order valence-corrected chi connectivity index (χ0v) is 28.7. The van der Waals surface area contributed by atoms with Gasteiger partial charge >= 0.3 is 8.80 Å². The Hall–Kier alpha value is -3.36. The SMILES string of the molecule is CCN(CC)c1ccc(C(c2ccc(N(CC)CC)cc2)c2ccc(NCCC[Si](OC)(OC)OC)c3ccccc23)cc1. The Bertz CT molecular complexity index is 1370. The topological polar surface area (TPSA) is 46.2 Å². The molecule has 44 heavy (non-hydrogen) atoms. The van der Waals surface area contributed by atoms with Gasteiger partial charge in [0.25, 0.3) is 0 Å². The summed E-state index contributed by atoms with van der Waals surface area (Å²) in [6.45, 7) is 13.6. The monoisotopic (exact) mass is 613 g/mol. The van der Waals surface area contributed by atoms with Crippen LogP contribution >= 0.6 is 0 Å². The lowest BCUT2D eigenvalue weighted by Gasteiger charge is -2.26. The van der Waals surface area contributed by atoms with Crippen LogP contribution in [0.15, 0.2) is 84.9 Å². The molecule has 236 valence electrons. The maximum absolute atomic E-state index is 5.61. The first kappa shape index (κ1) is 33.5. The van der Waals surface area contributed by atoms with Gasteiger partial charge in [0.05, 0.1) is 0 Å². The fourth-order valence-electron chi connectivity index (χ4n) is 6.30. The van der Waals surface area contributed by atoms with Crippen LogP contribution in [0, 0.1) is 0 Å². The average molecular weight is 614 g/mol. The molecule has 4 rings (SSSR count). The fourth-order valence-corrected chi connectivity index (χ4v) is 8.02. The van der Waals surface area contributed by atoms with E-state index in [1.54, 1.807) is 21.3 Å². The molecule has 0 aromatic heterocycles. The number of anilines is 3. The van der Waals surface area contributed by atoms with Crippen molar-refractivity contribution in [1.29, 1.82) is 0 Å². The lowest BCUT2D eigenvalue weighted by molar-refractivity contribution is 0.123. The molecule has 0 aliphatic carbocycles. The van der Waals surface area contributed by atoms with Crippen LogP contribution in [-0.2, 0) is 13.3 Å². The molecule has 0 amide bonds. The molecule has 0 atom stereocenters. The molecule has 0 heterocycles. The minimum atomic E-state index is -2.59. The van der Waals surface area contributed by atoms with Gasteiger partial charge in [-0.1, -0.05) is 54.6 Å². The summed E-state index contributed by atoms with van der Waals surface area (Å²) in [5.41, 5.74) is 7.56. The molecule has 0 saturated carbocycles. The number of nitrogens with zero attached hydrogens (tertiary/aromatic N) is 2. The van der Waals surface area contributed by atoms with Crippen LogP contribution in [0.4, 0.5) is 17.1 Å². The first-order valence-corrected chi connectivity index (χ1v) is 18.0. The van der Waals surface area contributed by atoms with E-state index in [0.29, 0.717) is 0 Å². The quantitative estimate of drug-likeness (QED) is 0.0733. The molecular formula is C37H51N3O3Si. The zero-order chi connectivity index (χ0) is 31.5. The summed E-state index contributed by atoms with van der Waals surface area (Å²) < 4.78 is 16.8. The second-order valence-corrected chi connectivity index (χ2v) is 14.1. The summed E-state index contributed by atoms with van der Waals surface area (Å²) in [6, 6.07) is 32.4. The molecule has 0 bridgehead atoms. The highest BCUT2D eigenvalue weighted by atomic mass is 28.4. The normalized spacial score (nSPS) is 11.7. The third-order valence-electron chi connectivity index (χ3n) is 8.89. The average Bonchev–Trinajstić information content (AvgIpc) is 3.08. The van der Waals surface area contributed by atoms with E-state index >= 15 is 0 Å². The molecular weight excluding hydrogens is 563 g/mol. The number of nitrogens with one attached hydrogen (secondary N) is 1. The summed E-state index contributed by atoms with van der Waals surface area (Å²) in [7, 11) is 2.42. The highest BCUT2D eigenvalue weighted by molar-refractivity contribution is 6.60. The number of hydrogen-bond donors (Lipinski definition) is 1. The minimum Gasteiger partial charge on any atom is -0.385 e. The van der Waals surface area contributed by atoms with Gasteiger partial charge < -0.3 is 28.4 Å². The van der Waals surface area contributed by atoms with Gasteiger partial charge in [0.15, 0.2) is 0 Å². The lowest BCUT2D eigenvalue weighted by Crippen LogP contribution is -2.42. The molecule has 0 aliphatic rings. The summed E-state index contributed by atoms with van der Waals surface area (Å²) in [5.74, 6) is 0.0992. The third-order valence-corrected chi connectivity index (χ3v) is 11.7. The minimum absolute atomic E-state index is 0.0992. The number of benzene rings is 4. The maximum Gasteiger partial charge on any atom is 0.500 e. The van der Waals surface area contributed by atoms with Crippen LogP contribution in [0.2, 0.25) is 6.04 Å². The highest BCUT2D eigenvalue weighted by Crippen LogP contribution is 2.39. The van der Waals surface area contributed by atoms with Gasteiger partial charge in [-0.3, -0.25) is 0 Å². The first-order chi connectivity index (χ1) is 21.5. The van der Waals surface area contributed by atoms with E-state index in [9.17, 15) is 0 Å². The predicted molar refractivity (Wildman–Crippen MR) is 190 cm³/mol. The van der Waals surface area contributed by atoms with Gasteiger partial charge in [-0.25, -0.2) is 0 Å². The van der Waals surface area contributed by atoms with E-state index < -0.39 is 8.80 Å². The summed E-state index contributed by atoms with van der Waals surface area (Å²) >= 11 is 0. The van der Waals surface area contributed by atoms with Crippen molar-refractivity contribution >= 4 is 36.6 Å². The van der Waals surface area contributed by atoms with Crippen LogP contribution in [-0.4, -0.2) is 62.9 Å². The zero-order valence-electron chi connectivity index (χ0n) is 27.7. The van der Waals surface area contributed by atoms with Gasteiger partial charge in [-0.15, -0.1) is 0 Å². The Balaban J connectivity index is 1.72. The van der Waals surface area contributed by atoms with Crippen LogP contribution in [0.5, 0.6) is 0 Å². The van der Waals surface area contributed by atoms with Crippen LogP contribution in [0.25, 0.3) is 10.8 Å². The van der Waals surface area contributed by atoms with Gasteiger partial charge in [0, 0.05) is 88.5 Å². The van der Waals surface area contributed by atoms with Crippen molar-refractivity contribution in [3.8, 4) is 0 Å². The standard InChI is InChI=1S/C37H51N3O3Si/c1-8-39(9-2)31-21-17-29(18-22-31)37(30-19-23-32(24-20-30)40(10-3)11-4)35-25-26-36(34-16-13-12-15-33(34)35)38-27-14-28-44(41-5,42-6)43-7/h12-13,15-26,37-38H,8-11,14,27-28H2,1-7H3. The second kappa shape index (κ2) is 16.1. The van der Waals surface area contributed by atoms with E-state index in [2.05, 4.69) is 128 Å². The third kappa shape index (κ3) is 7.46. The smallest absolute Gasteiger partial charge is 0.385 e.